The minimum atomic E-state index is -2.02. The Balaban J connectivity index is 3.12. The summed E-state index contributed by atoms with van der Waals surface area (Å²) in [6.45, 7) is 43.3. The average molecular weight is 700 g/mol. The molecule has 2 aromatic carbocycles. The molecule has 0 aromatic heterocycles. The van der Waals surface area contributed by atoms with E-state index < -0.39 is 14.3 Å². The number of hydrogen-bond acceptors (Lipinski definition) is 0. The predicted molar refractivity (Wildman–Crippen MR) is 194 cm³/mol. The topological polar surface area (TPSA) is 0 Å². The van der Waals surface area contributed by atoms with Crippen molar-refractivity contribution in [3.63, 3.8) is 0 Å². The van der Waals surface area contributed by atoms with E-state index in [4.69, 9.17) is 0 Å². The fourth-order valence-corrected chi connectivity index (χ4v) is 21.7. The van der Waals surface area contributed by atoms with Gasteiger partial charge < -0.3 is 0 Å². The van der Waals surface area contributed by atoms with Crippen molar-refractivity contribution < 1.29 is 0 Å². The SMILES string of the molecule is CC(C)c1cc(C(C)C)[c]([Ge]([C]([Se])=Pc2c(C(C)(C)C)cc(C(C)(C)C)cc2C(C)(C)C)[C](C)(C)C)c(C(C)C)c1. The van der Waals surface area contributed by atoms with Crippen molar-refractivity contribution in [3.05, 3.63) is 57.6 Å². The van der Waals surface area contributed by atoms with Crippen molar-refractivity contribution in [3.8, 4) is 0 Å². The summed E-state index contributed by atoms with van der Waals surface area (Å²) in [7, 11) is 1.39. The van der Waals surface area contributed by atoms with Gasteiger partial charge in [-0.1, -0.05) is 0 Å². The molecule has 0 fully saturated rings. The normalized spacial score (nSPS) is 14.3. The standard InChI is InChI=1S/C38H61GePSe/c1-23(2)26-19-28(24(3)4)32(29(20-26)25(5)6)39(38(16,17)18)34(41)40-33-30(36(10,11)12)21-27(35(7,8)9)22-31(33)37(13,14)15/h19-25H,1-18H3. The molecule has 0 bridgehead atoms. The van der Waals surface area contributed by atoms with Crippen LogP contribution in [0.1, 0.15) is 176 Å². The molecule has 228 valence electrons. The molecule has 0 heterocycles. The molecule has 2 rings (SSSR count). The molecule has 41 heavy (non-hydrogen) atoms. The monoisotopic (exact) mass is 702 g/mol. The van der Waals surface area contributed by atoms with Gasteiger partial charge in [-0.2, -0.15) is 0 Å². The van der Waals surface area contributed by atoms with E-state index in [-0.39, 0.29) is 20.5 Å². The molecule has 0 saturated carbocycles. The van der Waals surface area contributed by atoms with Gasteiger partial charge >= 0.3 is 272 Å². The van der Waals surface area contributed by atoms with Crippen LogP contribution in [0.25, 0.3) is 0 Å². The molecule has 0 spiro atoms. The average Bonchev–Trinajstić information content (AvgIpc) is 2.75. The summed E-state index contributed by atoms with van der Waals surface area (Å²) in [4.78, 5) is 0. The van der Waals surface area contributed by atoms with Crippen LogP contribution in [0.5, 0.6) is 0 Å². The summed E-state index contributed by atoms with van der Waals surface area (Å²) in [5, 5.41) is 1.54. The van der Waals surface area contributed by atoms with E-state index in [1.165, 1.54) is 35.8 Å². The maximum absolute atomic E-state index is 3.78. The second-order valence-electron chi connectivity index (χ2n) is 17.3. The van der Waals surface area contributed by atoms with Crippen LogP contribution in [0, 0.1) is 0 Å². The zero-order valence-corrected chi connectivity index (χ0v) is 34.6. The first-order valence-corrected chi connectivity index (χ1v) is 20.7. The molecule has 0 atom stereocenters. The summed E-state index contributed by atoms with van der Waals surface area (Å²) in [6.07, 6.45) is 0. The van der Waals surface area contributed by atoms with Crippen LogP contribution in [0.4, 0.5) is 0 Å². The van der Waals surface area contributed by atoms with Gasteiger partial charge in [-0.05, 0) is 0 Å². The molecule has 0 aliphatic carbocycles. The van der Waals surface area contributed by atoms with E-state index in [1.807, 2.05) is 0 Å². The molecule has 0 N–H and O–H groups in total. The van der Waals surface area contributed by atoms with Crippen molar-refractivity contribution in [1.29, 1.82) is 0 Å². The van der Waals surface area contributed by atoms with E-state index in [0.717, 1.165) is 0 Å². The van der Waals surface area contributed by atoms with Gasteiger partial charge in [0.25, 0.3) is 0 Å². The van der Waals surface area contributed by atoms with Gasteiger partial charge in [0.1, 0.15) is 0 Å². The Morgan fingerprint density at radius 3 is 1.27 bits per heavy atom. The van der Waals surface area contributed by atoms with Gasteiger partial charge in [0, 0.05) is 0 Å². The van der Waals surface area contributed by atoms with Crippen molar-refractivity contribution in [1.82, 2.24) is 0 Å². The van der Waals surface area contributed by atoms with Crippen LogP contribution in [0.3, 0.4) is 0 Å². The Bertz CT molecular complexity index is 1190. The molecule has 0 amide bonds. The van der Waals surface area contributed by atoms with Crippen molar-refractivity contribution in [2.24, 2.45) is 0 Å². The first-order chi connectivity index (χ1) is 18.3. The van der Waals surface area contributed by atoms with Crippen LogP contribution in [0.2, 0.25) is 4.25 Å². The molecule has 0 aliphatic rings. The van der Waals surface area contributed by atoms with E-state index in [0.29, 0.717) is 17.8 Å². The molecule has 0 aliphatic heterocycles. The molecule has 3 heteroatoms. The van der Waals surface area contributed by atoms with E-state index in [1.54, 1.807) is 18.5 Å². The zero-order valence-electron chi connectivity index (χ0n) is 29.9. The third-order valence-electron chi connectivity index (χ3n) is 8.15. The summed E-state index contributed by atoms with van der Waals surface area (Å²) >= 11 is 1.76. The molecular weight excluding hydrogens is 639 g/mol. The van der Waals surface area contributed by atoms with Crippen molar-refractivity contribution >= 4 is 51.3 Å². The van der Waals surface area contributed by atoms with Gasteiger partial charge in [0.15, 0.2) is 0 Å². The van der Waals surface area contributed by atoms with E-state index in [2.05, 4.69) is 165 Å². The summed E-state index contributed by atoms with van der Waals surface area (Å²) in [6, 6.07) is 10.2. The van der Waals surface area contributed by atoms with Crippen LogP contribution < -0.4 is 9.70 Å². The molecule has 0 saturated heterocycles. The Kier molecular flexibility index (Phi) is 11.6. The third kappa shape index (κ3) is 8.87. The molecule has 2 aromatic rings. The summed E-state index contributed by atoms with van der Waals surface area (Å²) in [5.74, 6) is 1.56. The summed E-state index contributed by atoms with van der Waals surface area (Å²) < 4.78 is 3.57. The van der Waals surface area contributed by atoms with Gasteiger partial charge in [0.05, 0.1) is 0 Å². The van der Waals surface area contributed by atoms with Crippen LogP contribution >= 0.6 is 8.20 Å². The Labute approximate surface area is 270 Å². The second-order valence-corrected chi connectivity index (χ2v) is 29.3. The first-order valence-electron chi connectivity index (χ1n) is 15.8. The number of rotatable bonds is 6. The molecule has 0 nitrogen and oxygen atoms in total. The fourth-order valence-electron chi connectivity index (χ4n) is 5.54. The van der Waals surface area contributed by atoms with Crippen LogP contribution in [0.15, 0.2) is 24.3 Å². The first kappa shape index (κ1) is 36.9. The Morgan fingerprint density at radius 1 is 0.610 bits per heavy atom. The second kappa shape index (κ2) is 13.0. The molecule has 2 radical (unpaired) electrons. The predicted octanol–water partition coefficient (Wildman–Crippen LogP) is 10.6. The fraction of sp³-hybridized carbons (Fsp3) is 0.658. The van der Waals surface area contributed by atoms with Gasteiger partial charge in [-0.25, -0.2) is 0 Å². The third-order valence-corrected chi connectivity index (χ3v) is 20.0. The molecule has 0 unspecified atom stereocenters. The number of benzene rings is 2. The number of hydrogen-bond donors (Lipinski definition) is 0. The van der Waals surface area contributed by atoms with Gasteiger partial charge in [0.2, 0.25) is 0 Å². The zero-order chi connectivity index (χ0) is 32.0. The van der Waals surface area contributed by atoms with Crippen LogP contribution in [-0.4, -0.2) is 33.4 Å². The van der Waals surface area contributed by atoms with Crippen molar-refractivity contribution in [2.75, 3.05) is 0 Å². The summed E-state index contributed by atoms with van der Waals surface area (Å²) in [5.41, 5.74) is 9.42. The Hall–Kier alpha value is -0.328. The van der Waals surface area contributed by atoms with Gasteiger partial charge in [-0.3, -0.25) is 0 Å². The van der Waals surface area contributed by atoms with Crippen molar-refractivity contribution in [2.45, 2.75) is 163 Å². The maximum atomic E-state index is 3.78. The quantitative estimate of drug-likeness (QED) is 0.208. The van der Waals surface area contributed by atoms with Crippen LogP contribution in [-0.2, 0) is 16.2 Å². The molecular formula is C38H61GePSe. The van der Waals surface area contributed by atoms with E-state index in [9.17, 15) is 0 Å². The minimum absolute atomic E-state index is 0.0663. The Morgan fingerprint density at radius 2 is 1.00 bits per heavy atom. The van der Waals surface area contributed by atoms with Gasteiger partial charge in [-0.15, -0.1) is 0 Å². The van der Waals surface area contributed by atoms with E-state index >= 15 is 0 Å².